The lowest BCUT2D eigenvalue weighted by atomic mass is 10.3. The standard InChI is InChI=1S/C14H11Cl2FN2O3S/c15-9-5-10(16)7-12(6-9)19(8-14(18)20)23(21,22)13-3-1-11(17)2-4-13/h1-7H,8H2,(H2,18,20). The summed E-state index contributed by atoms with van der Waals surface area (Å²) in [4.78, 5) is 11.1. The van der Waals surface area contributed by atoms with E-state index in [4.69, 9.17) is 28.9 Å². The first-order chi connectivity index (χ1) is 10.7. The second kappa shape index (κ2) is 6.74. The highest BCUT2D eigenvalue weighted by molar-refractivity contribution is 7.92. The van der Waals surface area contributed by atoms with Crippen LogP contribution in [-0.4, -0.2) is 20.9 Å². The molecular formula is C14H11Cl2FN2O3S. The van der Waals surface area contributed by atoms with Crippen LogP contribution in [0.15, 0.2) is 47.4 Å². The largest absolute Gasteiger partial charge is 0.368 e. The summed E-state index contributed by atoms with van der Waals surface area (Å²) in [6.45, 7) is -0.615. The number of anilines is 1. The lowest BCUT2D eigenvalue weighted by Crippen LogP contribution is -2.38. The molecule has 0 aliphatic rings. The molecule has 2 N–H and O–H groups in total. The molecule has 0 heterocycles. The molecule has 0 saturated carbocycles. The van der Waals surface area contributed by atoms with E-state index in [2.05, 4.69) is 0 Å². The molecule has 2 aromatic carbocycles. The van der Waals surface area contributed by atoms with Crippen LogP contribution in [0.2, 0.25) is 10.0 Å². The molecule has 9 heteroatoms. The number of benzene rings is 2. The van der Waals surface area contributed by atoms with Gasteiger partial charge in [-0.3, -0.25) is 9.10 Å². The maximum Gasteiger partial charge on any atom is 0.264 e. The van der Waals surface area contributed by atoms with Gasteiger partial charge in [0.2, 0.25) is 5.91 Å². The van der Waals surface area contributed by atoms with Gasteiger partial charge in [0.1, 0.15) is 12.4 Å². The molecule has 122 valence electrons. The SMILES string of the molecule is NC(=O)CN(c1cc(Cl)cc(Cl)c1)S(=O)(=O)c1ccc(F)cc1. The summed E-state index contributed by atoms with van der Waals surface area (Å²) in [7, 11) is -4.15. The Kier molecular flexibility index (Phi) is 5.13. The van der Waals surface area contributed by atoms with Gasteiger partial charge in [-0.05, 0) is 42.5 Å². The van der Waals surface area contributed by atoms with E-state index in [0.29, 0.717) is 0 Å². The Hall–Kier alpha value is -1.83. The van der Waals surface area contributed by atoms with Gasteiger partial charge in [0.15, 0.2) is 0 Å². The molecule has 0 unspecified atom stereocenters. The predicted octanol–water partition coefficient (Wildman–Crippen LogP) is 2.81. The molecule has 0 saturated heterocycles. The van der Waals surface area contributed by atoms with Crippen molar-refractivity contribution in [2.24, 2.45) is 5.73 Å². The number of hydrogen-bond donors (Lipinski definition) is 1. The molecule has 1 amide bonds. The van der Waals surface area contributed by atoms with E-state index in [1.165, 1.54) is 18.2 Å². The van der Waals surface area contributed by atoms with Crippen LogP contribution in [0.4, 0.5) is 10.1 Å². The Morgan fingerprint density at radius 2 is 1.61 bits per heavy atom. The topological polar surface area (TPSA) is 80.5 Å². The van der Waals surface area contributed by atoms with Crippen LogP contribution in [0, 0.1) is 5.82 Å². The van der Waals surface area contributed by atoms with Crippen LogP contribution in [0.3, 0.4) is 0 Å². The van der Waals surface area contributed by atoms with Crippen LogP contribution >= 0.6 is 23.2 Å². The molecule has 0 atom stereocenters. The predicted molar refractivity (Wildman–Crippen MR) is 86.6 cm³/mol. The van der Waals surface area contributed by atoms with Crippen molar-refractivity contribution in [3.8, 4) is 0 Å². The second-order valence-electron chi connectivity index (χ2n) is 4.56. The minimum atomic E-state index is -4.15. The maximum atomic E-state index is 13.0. The summed E-state index contributed by atoms with van der Waals surface area (Å²) in [5.74, 6) is -1.46. The van der Waals surface area contributed by atoms with Gasteiger partial charge in [0, 0.05) is 10.0 Å². The van der Waals surface area contributed by atoms with Crippen molar-refractivity contribution in [1.82, 2.24) is 0 Å². The lowest BCUT2D eigenvalue weighted by molar-refractivity contribution is -0.116. The Morgan fingerprint density at radius 1 is 1.09 bits per heavy atom. The van der Waals surface area contributed by atoms with Crippen LogP contribution < -0.4 is 10.0 Å². The smallest absolute Gasteiger partial charge is 0.264 e. The molecule has 0 spiro atoms. The lowest BCUT2D eigenvalue weighted by Gasteiger charge is -2.23. The number of nitrogens with zero attached hydrogens (tertiary/aromatic N) is 1. The molecular weight excluding hydrogens is 366 g/mol. The number of rotatable bonds is 5. The maximum absolute atomic E-state index is 13.0. The zero-order valence-electron chi connectivity index (χ0n) is 11.5. The number of hydrogen-bond acceptors (Lipinski definition) is 3. The highest BCUT2D eigenvalue weighted by Crippen LogP contribution is 2.29. The van der Waals surface area contributed by atoms with Crippen molar-refractivity contribution in [1.29, 1.82) is 0 Å². The summed E-state index contributed by atoms with van der Waals surface area (Å²) < 4.78 is 39.2. The molecule has 0 aromatic heterocycles. The fraction of sp³-hybridized carbons (Fsp3) is 0.0714. The minimum absolute atomic E-state index is 0.0747. The highest BCUT2D eigenvalue weighted by Gasteiger charge is 2.27. The fourth-order valence-electron chi connectivity index (χ4n) is 1.87. The summed E-state index contributed by atoms with van der Waals surface area (Å²) in [6.07, 6.45) is 0. The van der Waals surface area contributed by atoms with Crippen LogP contribution in [-0.2, 0) is 14.8 Å². The molecule has 0 bridgehead atoms. The van der Waals surface area contributed by atoms with E-state index in [1.807, 2.05) is 0 Å². The van der Waals surface area contributed by atoms with Gasteiger partial charge in [-0.15, -0.1) is 0 Å². The average molecular weight is 377 g/mol. The quantitative estimate of drug-likeness (QED) is 0.870. The molecule has 0 aliphatic carbocycles. The number of carbonyl (C=O) groups is 1. The van der Waals surface area contributed by atoms with Gasteiger partial charge in [0.05, 0.1) is 10.6 Å². The Morgan fingerprint density at radius 3 is 2.09 bits per heavy atom. The summed E-state index contributed by atoms with van der Waals surface area (Å²) in [6, 6.07) is 8.25. The van der Waals surface area contributed by atoms with Gasteiger partial charge in [-0.1, -0.05) is 23.2 Å². The summed E-state index contributed by atoms with van der Waals surface area (Å²) in [5.41, 5.74) is 5.21. The molecule has 0 aliphatic heterocycles. The third kappa shape index (κ3) is 4.13. The number of halogens is 3. The van der Waals surface area contributed by atoms with Gasteiger partial charge in [-0.25, -0.2) is 12.8 Å². The molecule has 23 heavy (non-hydrogen) atoms. The van der Waals surface area contributed by atoms with Crippen molar-refractivity contribution in [3.05, 3.63) is 58.3 Å². The first-order valence-electron chi connectivity index (χ1n) is 6.23. The van der Waals surface area contributed by atoms with Gasteiger partial charge < -0.3 is 5.73 Å². The van der Waals surface area contributed by atoms with Crippen molar-refractivity contribution >= 4 is 44.8 Å². The van der Waals surface area contributed by atoms with Gasteiger partial charge in [0.25, 0.3) is 10.0 Å². The Balaban J connectivity index is 2.57. The monoisotopic (exact) mass is 376 g/mol. The minimum Gasteiger partial charge on any atom is -0.368 e. The number of amides is 1. The molecule has 5 nitrogen and oxygen atoms in total. The fourth-order valence-corrected chi connectivity index (χ4v) is 3.80. The van der Waals surface area contributed by atoms with E-state index in [1.54, 1.807) is 0 Å². The van der Waals surface area contributed by atoms with Crippen molar-refractivity contribution in [3.63, 3.8) is 0 Å². The highest BCUT2D eigenvalue weighted by atomic mass is 35.5. The van der Waals surface area contributed by atoms with Gasteiger partial charge >= 0.3 is 0 Å². The van der Waals surface area contributed by atoms with Crippen molar-refractivity contribution in [2.45, 2.75) is 4.90 Å². The average Bonchev–Trinajstić information content (AvgIpc) is 2.43. The Bertz CT molecular complexity index is 821. The molecule has 0 fully saturated rings. The van der Waals surface area contributed by atoms with E-state index in [-0.39, 0.29) is 20.6 Å². The first kappa shape index (κ1) is 17.5. The molecule has 2 aromatic rings. The van der Waals surface area contributed by atoms with Crippen LogP contribution in [0.1, 0.15) is 0 Å². The third-order valence-electron chi connectivity index (χ3n) is 2.84. The first-order valence-corrected chi connectivity index (χ1v) is 8.42. The van der Waals surface area contributed by atoms with Crippen LogP contribution in [0.25, 0.3) is 0 Å². The van der Waals surface area contributed by atoms with E-state index in [0.717, 1.165) is 28.6 Å². The summed E-state index contributed by atoms with van der Waals surface area (Å²) in [5, 5.41) is 0.382. The summed E-state index contributed by atoms with van der Waals surface area (Å²) >= 11 is 11.8. The zero-order valence-corrected chi connectivity index (χ0v) is 13.9. The Labute approximate surface area is 142 Å². The second-order valence-corrected chi connectivity index (χ2v) is 7.29. The third-order valence-corrected chi connectivity index (χ3v) is 5.06. The van der Waals surface area contributed by atoms with Gasteiger partial charge in [-0.2, -0.15) is 0 Å². The molecule has 0 radical (unpaired) electrons. The van der Waals surface area contributed by atoms with E-state index in [9.17, 15) is 17.6 Å². The molecule has 2 rings (SSSR count). The number of sulfonamides is 1. The van der Waals surface area contributed by atoms with Crippen molar-refractivity contribution < 1.29 is 17.6 Å². The number of carbonyl (C=O) groups excluding carboxylic acids is 1. The van der Waals surface area contributed by atoms with Crippen LogP contribution in [0.5, 0.6) is 0 Å². The van der Waals surface area contributed by atoms with Crippen molar-refractivity contribution in [2.75, 3.05) is 10.8 Å². The van der Waals surface area contributed by atoms with E-state index >= 15 is 0 Å². The number of primary amides is 1. The zero-order chi connectivity index (χ0) is 17.2. The van der Waals surface area contributed by atoms with E-state index < -0.39 is 28.3 Å². The normalized spacial score (nSPS) is 11.3. The number of nitrogens with two attached hydrogens (primary N) is 1.